The highest BCUT2D eigenvalue weighted by Crippen LogP contribution is 2.19. The van der Waals surface area contributed by atoms with Crippen LogP contribution in [0, 0.1) is 0 Å². The van der Waals surface area contributed by atoms with E-state index < -0.39 is 24.7 Å². The van der Waals surface area contributed by atoms with Gasteiger partial charge >= 0.3 is 6.18 Å². The molecular formula is C18H19F3N4O3. The molecule has 2 aromatic rings. The van der Waals surface area contributed by atoms with Crippen molar-refractivity contribution < 1.29 is 27.5 Å². The molecule has 0 aliphatic carbocycles. The minimum atomic E-state index is -4.44. The van der Waals surface area contributed by atoms with Crippen LogP contribution in [-0.2, 0) is 4.79 Å². The summed E-state index contributed by atoms with van der Waals surface area (Å²) in [5, 5.41) is 5.31. The number of pyridine rings is 2. The summed E-state index contributed by atoms with van der Waals surface area (Å²) in [5.41, 5.74) is 0.882. The molecule has 2 heterocycles. The maximum atomic E-state index is 12.4. The molecule has 2 aromatic heterocycles. The van der Waals surface area contributed by atoms with Gasteiger partial charge in [0, 0.05) is 30.4 Å². The fraction of sp³-hybridized carbons (Fsp3) is 0.333. The summed E-state index contributed by atoms with van der Waals surface area (Å²) in [6.45, 7) is 1.97. The van der Waals surface area contributed by atoms with Crippen molar-refractivity contribution in [3.63, 3.8) is 0 Å². The smallest absolute Gasteiger partial charge is 0.422 e. The number of ether oxygens (including phenoxy) is 1. The Bertz CT molecular complexity index is 826. The molecule has 10 heteroatoms. The predicted molar refractivity (Wildman–Crippen MR) is 94.8 cm³/mol. The predicted octanol–water partition coefficient (Wildman–Crippen LogP) is 3.26. The standard InChI is InChI=1S/C18H19F3N4O3/c1-3-15(26)25-14-8-12(6-7-22-14)17(27)24-11(2)13-4-5-16(23-9-13)28-10-18(19,20)21/h4-9,11H,3,10H2,1-2H3,(H,24,27)(H,22,25,26). The lowest BCUT2D eigenvalue weighted by Crippen LogP contribution is -2.27. The Hall–Kier alpha value is -3.17. The molecule has 0 aromatic carbocycles. The van der Waals surface area contributed by atoms with Gasteiger partial charge in [-0.05, 0) is 24.6 Å². The van der Waals surface area contributed by atoms with Crippen molar-refractivity contribution in [1.29, 1.82) is 0 Å². The van der Waals surface area contributed by atoms with Crippen molar-refractivity contribution in [3.05, 3.63) is 47.8 Å². The number of halogens is 3. The highest BCUT2D eigenvalue weighted by atomic mass is 19.4. The van der Waals surface area contributed by atoms with E-state index in [9.17, 15) is 22.8 Å². The number of rotatable bonds is 7. The molecule has 0 saturated heterocycles. The summed E-state index contributed by atoms with van der Waals surface area (Å²) in [4.78, 5) is 31.6. The minimum Gasteiger partial charge on any atom is -0.468 e. The second-order valence-electron chi connectivity index (χ2n) is 5.86. The van der Waals surface area contributed by atoms with E-state index in [1.165, 1.54) is 36.7 Å². The first-order valence-electron chi connectivity index (χ1n) is 8.40. The maximum absolute atomic E-state index is 12.4. The Morgan fingerprint density at radius 3 is 2.57 bits per heavy atom. The van der Waals surface area contributed by atoms with Gasteiger partial charge in [0.15, 0.2) is 6.61 Å². The topological polar surface area (TPSA) is 93.2 Å². The van der Waals surface area contributed by atoms with Crippen LogP contribution < -0.4 is 15.4 Å². The first kappa shape index (κ1) is 21.1. The average molecular weight is 396 g/mol. The lowest BCUT2D eigenvalue weighted by molar-refractivity contribution is -0.154. The molecule has 0 aliphatic rings. The first-order valence-corrected chi connectivity index (χ1v) is 8.40. The third-order valence-electron chi connectivity index (χ3n) is 3.60. The molecule has 150 valence electrons. The van der Waals surface area contributed by atoms with Gasteiger partial charge in [-0.25, -0.2) is 9.97 Å². The Balaban J connectivity index is 1.98. The van der Waals surface area contributed by atoms with Crippen molar-refractivity contribution >= 4 is 17.6 Å². The van der Waals surface area contributed by atoms with Gasteiger partial charge in [-0.15, -0.1) is 0 Å². The lowest BCUT2D eigenvalue weighted by Gasteiger charge is -2.15. The molecular weight excluding hydrogens is 377 g/mol. The molecule has 0 spiro atoms. The van der Waals surface area contributed by atoms with Crippen molar-refractivity contribution in [1.82, 2.24) is 15.3 Å². The molecule has 1 unspecified atom stereocenters. The molecule has 2 rings (SSSR count). The summed E-state index contributed by atoms with van der Waals surface area (Å²) >= 11 is 0. The van der Waals surface area contributed by atoms with Crippen LogP contribution in [0.1, 0.15) is 42.2 Å². The SMILES string of the molecule is CCC(=O)Nc1cc(C(=O)NC(C)c2ccc(OCC(F)(F)F)nc2)ccn1. The van der Waals surface area contributed by atoms with Gasteiger partial charge in [0.05, 0.1) is 6.04 Å². The molecule has 2 N–H and O–H groups in total. The van der Waals surface area contributed by atoms with Crippen LogP contribution in [0.3, 0.4) is 0 Å². The van der Waals surface area contributed by atoms with Gasteiger partial charge in [-0.2, -0.15) is 13.2 Å². The molecule has 1 atom stereocenters. The number of carbonyl (C=O) groups excluding carboxylic acids is 2. The van der Waals surface area contributed by atoms with Gasteiger partial charge in [0.2, 0.25) is 11.8 Å². The minimum absolute atomic E-state index is 0.162. The molecule has 0 fully saturated rings. The van der Waals surface area contributed by atoms with Gasteiger partial charge in [-0.3, -0.25) is 9.59 Å². The maximum Gasteiger partial charge on any atom is 0.422 e. The van der Waals surface area contributed by atoms with Crippen molar-refractivity contribution in [2.75, 3.05) is 11.9 Å². The summed E-state index contributed by atoms with van der Waals surface area (Å²) < 4.78 is 41.0. The van der Waals surface area contributed by atoms with Crippen molar-refractivity contribution in [3.8, 4) is 5.88 Å². The van der Waals surface area contributed by atoms with Crippen LogP contribution in [0.4, 0.5) is 19.0 Å². The molecule has 7 nitrogen and oxygen atoms in total. The number of amides is 2. The van der Waals surface area contributed by atoms with Crippen LogP contribution >= 0.6 is 0 Å². The van der Waals surface area contributed by atoms with E-state index in [1.54, 1.807) is 13.8 Å². The number of hydrogen-bond donors (Lipinski definition) is 2. The van der Waals surface area contributed by atoms with Crippen LogP contribution in [0.25, 0.3) is 0 Å². The van der Waals surface area contributed by atoms with Crippen LogP contribution in [-0.4, -0.2) is 34.6 Å². The second-order valence-corrected chi connectivity index (χ2v) is 5.86. The first-order chi connectivity index (χ1) is 13.2. The number of alkyl halides is 3. The zero-order valence-electron chi connectivity index (χ0n) is 15.2. The number of anilines is 1. The van der Waals surface area contributed by atoms with E-state index in [-0.39, 0.29) is 24.0 Å². The fourth-order valence-electron chi connectivity index (χ4n) is 2.12. The lowest BCUT2D eigenvalue weighted by atomic mass is 10.1. The summed E-state index contributed by atoms with van der Waals surface area (Å²) in [7, 11) is 0. The average Bonchev–Trinajstić information content (AvgIpc) is 2.66. The Morgan fingerprint density at radius 2 is 1.96 bits per heavy atom. The molecule has 0 saturated carbocycles. The number of aromatic nitrogens is 2. The number of carbonyl (C=O) groups is 2. The largest absolute Gasteiger partial charge is 0.468 e. The van der Waals surface area contributed by atoms with Crippen molar-refractivity contribution in [2.45, 2.75) is 32.5 Å². The van der Waals surface area contributed by atoms with Crippen LogP contribution in [0.5, 0.6) is 5.88 Å². The van der Waals surface area contributed by atoms with Gasteiger partial charge < -0.3 is 15.4 Å². The zero-order valence-corrected chi connectivity index (χ0v) is 15.2. The summed E-state index contributed by atoms with van der Waals surface area (Å²) in [6.07, 6.45) is -1.43. The second kappa shape index (κ2) is 9.16. The Morgan fingerprint density at radius 1 is 1.21 bits per heavy atom. The third-order valence-corrected chi connectivity index (χ3v) is 3.60. The van der Waals surface area contributed by atoms with E-state index in [4.69, 9.17) is 0 Å². The number of nitrogens with one attached hydrogen (secondary N) is 2. The molecule has 0 aliphatic heterocycles. The monoisotopic (exact) mass is 396 g/mol. The van der Waals surface area contributed by atoms with E-state index in [0.29, 0.717) is 11.1 Å². The molecule has 28 heavy (non-hydrogen) atoms. The summed E-state index contributed by atoms with van der Waals surface area (Å²) in [6, 6.07) is 5.30. The van der Waals surface area contributed by atoms with Crippen LogP contribution in [0.15, 0.2) is 36.7 Å². The van der Waals surface area contributed by atoms with Crippen LogP contribution in [0.2, 0.25) is 0 Å². The van der Waals surface area contributed by atoms with E-state index >= 15 is 0 Å². The highest BCUT2D eigenvalue weighted by molar-refractivity contribution is 5.96. The summed E-state index contributed by atoms with van der Waals surface area (Å²) in [5.74, 6) is -0.526. The quantitative estimate of drug-likeness (QED) is 0.749. The van der Waals surface area contributed by atoms with Gasteiger partial charge in [-0.1, -0.05) is 13.0 Å². The third kappa shape index (κ3) is 6.53. The zero-order chi connectivity index (χ0) is 20.7. The van der Waals surface area contributed by atoms with E-state index in [1.807, 2.05) is 0 Å². The van der Waals surface area contributed by atoms with Gasteiger partial charge in [0.1, 0.15) is 5.82 Å². The van der Waals surface area contributed by atoms with Crippen molar-refractivity contribution in [2.24, 2.45) is 0 Å². The van der Waals surface area contributed by atoms with Gasteiger partial charge in [0.25, 0.3) is 5.91 Å². The van der Waals surface area contributed by atoms with E-state index in [0.717, 1.165) is 0 Å². The number of nitrogens with zero attached hydrogens (tertiary/aromatic N) is 2. The number of hydrogen-bond acceptors (Lipinski definition) is 5. The highest BCUT2D eigenvalue weighted by Gasteiger charge is 2.28. The normalized spacial score (nSPS) is 12.2. The molecule has 0 radical (unpaired) electrons. The Kier molecular flexibility index (Phi) is 6.91. The molecule has 0 bridgehead atoms. The molecule has 2 amide bonds. The Labute approximate surface area is 159 Å². The van der Waals surface area contributed by atoms with E-state index in [2.05, 4.69) is 25.3 Å². The fourth-order valence-corrected chi connectivity index (χ4v) is 2.12.